The topological polar surface area (TPSA) is 29.1 Å². The van der Waals surface area contributed by atoms with Crippen LogP contribution in [-0.4, -0.2) is 6.41 Å². The van der Waals surface area contributed by atoms with Crippen LogP contribution in [-0.2, 0) is 4.79 Å². The molecular formula is C12H11NO. The van der Waals surface area contributed by atoms with Crippen molar-refractivity contribution in [3.05, 3.63) is 42.5 Å². The normalized spacial score (nSPS) is 14.0. The van der Waals surface area contributed by atoms with Crippen molar-refractivity contribution in [3.8, 4) is 0 Å². The van der Waals surface area contributed by atoms with Gasteiger partial charge in [0.25, 0.3) is 0 Å². The average molecular weight is 185 g/mol. The molecule has 1 N–H and O–H groups in total. The lowest BCUT2D eigenvalue weighted by Gasteiger charge is -2.06. The fraction of sp³-hybridized carbons (Fsp3) is 0.0833. The average Bonchev–Trinajstić information content (AvgIpc) is 2.44. The van der Waals surface area contributed by atoms with Gasteiger partial charge in [-0.2, -0.15) is 0 Å². The van der Waals surface area contributed by atoms with Crippen LogP contribution in [0.4, 0.5) is 5.69 Å². The van der Waals surface area contributed by atoms with Crippen molar-refractivity contribution < 1.29 is 4.79 Å². The number of hydrogen-bond donors (Lipinski definition) is 1. The Morgan fingerprint density at radius 3 is 2.79 bits per heavy atom. The molecule has 1 amide bonds. The molecule has 0 unspecified atom stereocenters. The Labute approximate surface area is 82.9 Å². The summed E-state index contributed by atoms with van der Waals surface area (Å²) in [6, 6.07) is 5.79. The summed E-state index contributed by atoms with van der Waals surface area (Å²) in [5.74, 6) is 0. The molecule has 0 bridgehead atoms. The van der Waals surface area contributed by atoms with Gasteiger partial charge in [0.1, 0.15) is 0 Å². The third-order valence-electron chi connectivity index (χ3n) is 2.44. The second-order valence-corrected chi connectivity index (χ2v) is 3.37. The van der Waals surface area contributed by atoms with E-state index < -0.39 is 0 Å². The van der Waals surface area contributed by atoms with Crippen LogP contribution in [0.5, 0.6) is 0 Å². The number of amides is 1. The van der Waals surface area contributed by atoms with Gasteiger partial charge in [0.2, 0.25) is 6.41 Å². The molecule has 14 heavy (non-hydrogen) atoms. The minimum absolute atomic E-state index is 0.684. The fourth-order valence-corrected chi connectivity index (χ4v) is 1.85. The van der Waals surface area contributed by atoms with Crippen molar-refractivity contribution in [1.82, 2.24) is 0 Å². The quantitative estimate of drug-likeness (QED) is 0.705. The number of anilines is 1. The number of rotatable bonds is 2. The number of benzene rings is 1. The van der Waals surface area contributed by atoms with Crippen molar-refractivity contribution in [2.75, 3.05) is 5.32 Å². The molecule has 2 nitrogen and oxygen atoms in total. The first kappa shape index (κ1) is 8.75. The molecule has 0 saturated heterocycles. The zero-order valence-corrected chi connectivity index (χ0v) is 7.84. The number of hydrogen-bond acceptors (Lipinski definition) is 1. The van der Waals surface area contributed by atoms with Gasteiger partial charge in [0, 0.05) is 11.3 Å². The Bertz CT molecular complexity index is 432. The molecule has 1 aromatic rings. The van der Waals surface area contributed by atoms with E-state index in [1.807, 2.05) is 18.2 Å². The Morgan fingerprint density at radius 1 is 1.29 bits per heavy atom. The minimum atomic E-state index is 0.684. The van der Waals surface area contributed by atoms with E-state index in [2.05, 4.69) is 18.5 Å². The largest absolute Gasteiger partial charge is 0.328 e. The molecule has 0 heterocycles. The van der Waals surface area contributed by atoms with Crippen molar-refractivity contribution >= 4 is 23.2 Å². The maximum absolute atomic E-state index is 10.4. The van der Waals surface area contributed by atoms with Crippen LogP contribution < -0.4 is 5.32 Å². The van der Waals surface area contributed by atoms with Crippen LogP contribution >= 0.6 is 0 Å². The number of carbonyl (C=O) groups is 1. The van der Waals surface area contributed by atoms with Crippen molar-refractivity contribution in [3.63, 3.8) is 0 Å². The Morgan fingerprint density at radius 2 is 2.07 bits per heavy atom. The third-order valence-corrected chi connectivity index (χ3v) is 2.44. The molecule has 0 radical (unpaired) electrons. The predicted molar refractivity (Wildman–Crippen MR) is 58.8 cm³/mol. The first-order chi connectivity index (χ1) is 6.74. The van der Waals surface area contributed by atoms with Gasteiger partial charge in [-0.3, -0.25) is 4.79 Å². The van der Waals surface area contributed by atoms with Gasteiger partial charge < -0.3 is 5.32 Å². The van der Waals surface area contributed by atoms with E-state index in [9.17, 15) is 4.79 Å². The SMILES string of the molecule is C=C1CC(=C)c2c(NC=O)cccc21. The molecule has 0 fully saturated rings. The van der Waals surface area contributed by atoms with Gasteiger partial charge in [-0.05, 0) is 29.2 Å². The van der Waals surface area contributed by atoms with Gasteiger partial charge in [-0.15, -0.1) is 0 Å². The Kier molecular flexibility index (Phi) is 1.97. The second kappa shape index (κ2) is 3.14. The standard InChI is InChI=1S/C12H11NO/c1-8-6-9(2)12-10(8)4-3-5-11(12)13-7-14/h3-5,7H,1-2,6H2,(H,13,14). The first-order valence-corrected chi connectivity index (χ1v) is 4.43. The van der Waals surface area contributed by atoms with E-state index in [1.165, 1.54) is 0 Å². The summed E-state index contributed by atoms with van der Waals surface area (Å²) in [7, 11) is 0. The third kappa shape index (κ3) is 1.16. The summed E-state index contributed by atoms with van der Waals surface area (Å²) in [6.07, 6.45) is 1.48. The minimum Gasteiger partial charge on any atom is -0.328 e. The zero-order valence-electron chi connectivity index (χ0n) is 7.84. The Balaban J connectivity index is 2.61. The molecule has 1 aliphatic rings. The molecule has 2 rings (SSSR count). The smallest absolute Gasteiger partial charge is 0.211 e. The molecule has 1 aliphatic carbocycles. The summed E-state index contributed by atoms with van der Waals surface area (Å²) in [4.78, 5) is 10.4. The molecule has 0 saturated carbocycles. The van der Waals surface area contributed by atoms with E-state index in [-0.39, 0.29) is 0 Å². The molecule has 0 spiro atoms. The van der Waals surface area contributed by atoms with Crippen molar-refractivity contribution in [1.29, 1.82) is 0 Å². The fourth-order valence-electron chi connectivity index (χ4n) is 1.85. The lowest BCUT2D eigenvalue weighted by molar-refractivity contribution is -0.105. The van der Waals surface area contributed by atoms with Crippen molar-refractivity contribution in [2.45, 2.75) is 6.42 Å². The molecular weight excluding hydrogens is 174 g/mol. The lowest BCUT2D eigenvalue weighted by atomic mass is 10.1. The predicted octanol–water partition coefficient (Wildman–Crippen LogP) is 2.69. The van der Waals surface area contributed by atoms with Crippen LogP contribution in [0.1, 0.15) is 17.5 Å². The number of carbonyl (C=O) groups excluding carboxylic acids is 1. The van der Waals surface area contributed by atoms with E-state index >= 15 is 0 Å². The van der Waals surface area contributed by atoms with E-state index in [0.717, 1.165) is 34.4 Å². The summed E-state index contributed by atoms with van der Waals surface area (Å²) in [6.45, 7) is 7.94. The summed E-state index contributed by atoms with van der Waals surface area (Å²) >= 11 is 0. The van der Waals surface area contributed by atoms with Crippen LogP contribution in [0.25, 0.3) is 11.1 Å². The zero-order chi connectivity index (χ0) is 10.1. The highest BCUT2D eigenvalue weighted by molar-refractivity contribution is 5.97. The maximum atomic E-state index is 10.4. The highest BCUT2D eigenvalue weighted by Crippen LogP contribution is 2.42. The summed E-state index contributed by atoms with van der Waals surface area (Å²) in [5, 5.41) is 2.68. The van der Waals surface area contributed by atoms with Crippen molar-refractivity contribution in [2.24, 2.45) is 0 Å². The highest BCUT2D eigenvalue weighted by atomic mass is 16.1. The van der Waals surface area contributed by atoms with Crippen LogP contribution in [0.15, 0.2) is 31.4 Å². The number of nitrogens with one attached hydrogen (secondary N) is 1. The van der Waals surface area contributed by atoms with E-state index in [1.54, 1.807) is 0 Å². The van der Waals surface area contributed by atoms with Crippen LogP contribution in [0.2, 0.25) is 0 Å². The highest BCUT2D eigenvalue weighted by Gasteiger charge is 2.20. The van der Waals surface area contributed by atoms with Gasteiger partial charge in [0.15, 0.2) is 0 Å². The monoisotopic (exact) mass is 185 g/mol. The summed E-state index contributed by atoms with van der Waals surface area (Å²) in [5.41, 5.74) is 5.04. The van der Waals surface area contributed by atoms with E-state index in [0.29, 0.717) is 6.41 Å². The molecule has 1 aromatic carbocycles. The first-order valence-electron chi connectivity index (χ1n) is 4.43. The second-order valence-electron chi connectivity index (χ2n) is 3.37. The van der Waals surface area contributed by atoms with Gasteiger partial charge in [-0.1, -0.05) is 25.3 Å². The maximum Gasteiger partial charge on any atom is 0.211 e. The van der Waals surface area contributed by atoms with Crippen LogP contribution in [0, 0.1) is 0 Å². The lowest BCUT2D eigenvalue weighted by Crippen LogP contribution is -1.97. The molecule has 70 valence electrons. The molecule has 0 aromatic heterocycles. The van der Waals surface area contributed by atoms with Gasteiger partial charge in [-0.25, -0.2) is 0 Å². The number of allylic oxidation sites excluding steroid dienone is 2. The number of fused-ring (bicyclic) bond motifs is 1. The Hall–Kier alpha value is -1.83. The van der Waals surface area contributed by atoms with Gasteiger partial charge >= 0.3 is 0 Å². The molecule has 2 heteroatoms. The summed E-state index contributed by atoms with van der Waals surface area (Å²) < 4.78 is 0. The molecule has 0 aliphatic heterocycles. The van der Waals surface area contributed by atoms with E-state index in [4.69, 9.17) is 0 Å². The molecule has 0 atom stereocenters. The van der Waals surface area contributed by atoms with Gasteiger partial charge in [0.05, 0.1) is 0 Å². The van der Waals surface area contributed by atoms with Crippen LogP contribution in [0.3, 0.4) is 0 Å².